The minimum atomic E-state index is -0.170. The minimum Gasteiger partial charge on any atom is -0.378 e. The first-order valence-electron chi connectivity index (χ1n) is 8.47. The van der Waals surface area contributed by atoms with Gasteiger partial charge in [-0.05, 0) is 39.8 Å². The van der Waals surface area contributed by atoms with Crippen molar-refractivity contribution in [3.05, 3.63) is 0 Å². The second kappa shape index (κ2) is 8.11. The molecular weight excluding hydrogens is 266 g/mol. The SMILES string of the molecule is CCO[C@@H]1CCCC[C@H]1C(C(N)=O)N1CCCN(C)CC1. The molecule has 1 amide bonds. The summed E-state index contributed by atoms with van der Waals surface area (Å²) in [6.07, 6.45) is 5.82. The van der Waals surface area contributed by atoms with Crippen LogP contribution >= 0.6 is 0 Å². The third-order valence-electron chi connectivity index (χ3n) is 4.98. The molecule has 1 saturated heterocycles. The van der Waals surface area contributed by atoms with Gasteiger partial charge in [-0.1, -0.05) is 12.8 Å². The number of amides is 1. The molecule has 2 aliphatic rings. The summed E-state index contributed by atoms with van der Waals surface area (Å²) in [5.74, 6) is 0.0933. The van der Waals surface area contributed by atoms with Crippen LogP contribution in [0.1, 0.15) is 39.0 Å². The average Bonchev–Trinajstić information content (AvgIpc) is 2.66. The van der Waals surface area contributed by atoms with Gasteiger partial charge in [0, 0.05) is 32.2 Å². The van der Waals surface area contributed by atoms with Crippen molar-refractivity contribution in [2.75, 3.05) is 39.8 Å². The van der Waals surface area contributed by atoms with Gasteiger partial charge in [0.05, 0.1) is 12.1 Å². The summed E-state index contributed by atoms with van der Waals surface area (Å²) in [4.78, 5) is 16.8. The number of carbonyl (C=O) groups excluding carboxylic acids is 1. The standard InChI is InChI=1S/C16H31N3O2/c1-3-21-14-8-5-4-7-13(14)15(16(17)20)19-10-6-9-18(2)11-12-19/h13-15H,3-12H2,1-2H3,(H2,17,20)/t13-,14-,15?/m1/s1. The average molecular weight is 297 g/mol. The maximum Gasteiger partial charge on any atom is 0.235 e. The van der Waals surface area contributed by atoms with Crippen LogP contribution in [0, 0.1) is 5.92 Å². The van der Waals surface area contributed by atoms with E-state index in [9.17, 15) is 4.79 Å². The number of hydrogen-bond donors (Lipinski definition) is 1. The van der Waals surface area contributed by atoms with Gasteiger partial charge in [0.2, 0.25) is 5.91 Å². The molecule has 0 radical (unpaired) electrons. The minimum absolute atomic E-state index is 0.159. The number of nitrogens with two attached hydrogens (primary N) is 1. The van der Waals surface area contributed by atoms with Crippen molar-refractivity contribution in [3.8, 4) is 0 Å². The fourth-order valence-electron chi connectivity index (χ4n) is 3.91. The maximum atomic E-state index is 12.2. The van der Waals surface area contributed by atoms with Crippen molar-refractivity contribution in [2.24, 2.45) is 11.7 Å². The van der Waals surface area contributed by atoms with Crippen molar-refractivity contribution in [2.45, 2.75) is 51.2 Å². The lowest BCUT2D eigenvalue weighted by atomic mass is 9.80. The molecule has 21 heavy (non-hydrogen) atoms. The summed E-state index contributed by atoms with van der Waals surface area (Å²) in [6.45, 7) is 6.76. The molecule has 122 valence electrons. The molecule has 0 aromatic carbocycles. The van der Waals surface area contributed by atoms with Crippen LogP contribution in [0.4, 0.5) is 0 Å². The van der Waals surface area contributed by atoms with Gasteiger partial charge in [-0.2, -0.15) is 0 Å². The van der Waals surface area contributed by atoms with E-state index in [-0.39, 0.29) is 24.0 Å². The Morgan fingerprint density at radius 3 is 2.67 bits per heavy atom. The van der Waals surface area contributed by atoms with Crippen LogP contribution in [0.3, 0.4) is 0 Å². The molecule has 0 aromatic heterocycles. The highest BCUT2D eigenvalue weighted by atomic mass is 16.5. The van der Waals surface area contributed by atoms with Crippen molar-refractivity contribution in [3.63, 3.8) is 0 Å². The lowest BCUT2D eigenvalue weighted by Crippen LogP contribution is -2.54. The number of carbonyl (C=O) groups is 1. The van der Waals surface area contributed by atoms with Crippen LogP contribution in [0.25, 0.3) is 0 Å². The summed E-state index contributed by atoms with van der Waals surface area (Å²) in [5.41, 5.74) is 5.79. The molecule has 0 bridgehead atoms. The van der Waals surface area contributed by atoms with Crippen LogP contribution < -0.4 is 5.73 Å². The van der Waals surface area contributed by atoms with Crippen LogP contribution in [-0.2, 0) is 9.53 Å². The molecule has 5 heteroatoms. The molecular formula is C16H31N3O2. The zero-order valence-electron chi connectivity index (χ0n) is 13.6. The summed E-state index contributed by atoms with van der Waals surface area (Å²) >= 11 is 0. The molecule has 2 rings (SSSR count). The molecule has 1 saturated carbocycles. The molecule has 1 unspecified atom stereocenters. The van der Waals surface area contributed by atoms with E-state index in [1.54, 1.807) is 0 Å². The molecule has 0 spiro atoms. The van der Waals surface area contributed by atoms with Gasteiger partial charge < -0.3 is 15.4 Å². The lowest BCUT2D eigenvalue weighted by molar-refractivity contribution is -0.129. The Bertz CT molecular complexity index is 335. The first-order valence-corrected chi connectivity index (χ1v) is 8.47. The van der Waals surface area contributed by atoms with Gasteiger partial charge in [-0.15, -0.1) is 0 Å². The van der Waals surface area contributed by atoms with Crippen molar-refractivity contribution < 1.29 is 9.53 Å². The number of rotatable bonds is 5. The summed E-state index contributed by atoms with van der Waals surface area (Å²) in [7, 11) is 2.15. The van der Waals surface area contributed by atoms with Crippen LogP contribution in [0.15, 0.2) is 0 Å². The first-order chi connectivity index (χ1) is 10.1. The topological polar surface area (TPSA) is 58.8 Å². The van der Waals surface area contributed by atoms with Crippen LogP contribution in [0.2, 0.25) is 0 Å². The molecule has 2 fully saturated rings. The van der Waals surface area contributed by atoms with E-state index < -0.39 is 0 Å². The number of likely N-dealkylation sites (N-methyl/N-ethyl adjacent to an activating group) is 1. The van der Waals surface area contributed by atoms with Crippen LogP contribution in [0.5, 0.6) is 0 Å². The van der Waals surface area contributed by atoms with Gasteiger partial charge in [-0.25, -0.2) is 0 Å². The highest BCUT2D eigenvalue weighted by Crippen LogP contribution is 2.32. The smallest absolute Gasteiger partial charge is 0.235 e. The number of ether oxygens (including phenoxy) is 1. The van der Waals surface area contributed by atoms with Gasteiger partial charge >= 0.3 is 0 Å². The van der Waals surface area contributed by atoms with E-state index in [2.05, 4.69) is 16.8 Å². The van der Waals surface area contributed by atoms with Gasteiger partial charge in [-0.3, -0.25) is 9.69 Å². The molecule has 5 nitrogen and oxygen atoms in total. The van der Waals surface area contributed by atoms with Crippen LogP contribution in [-0.4, -0.2) is 67.7 Å². The lowest BCUT2D eigenvalue weighted by Gasteiger charge is -2.40. The van der Waals surface area contributed by atoms with E-state index in [0.29, 0.717) is 0 Å². The number of primary amides is 1. The fraction of sp³-hybridized carbons (Fsp3) is 0.938. The third-order valence-corrected chi connectivity index (χ3v) is 4.98. The summed E-state index contributed by atoms with van der Waals surface area (Å²) < 4.78 is 5.92. The van der Waals surface area contributed by atoms with E-state index >= 15 is 0 Å². The van der Waals surface area contributed by atoms with Crippen molar-refractivity contribution in [1.29, 1.82) is 0 Å². The van der Waals surface area contributed by atoms with E-state index in [1.165, 1.54) is 12.8 Å². The van der Waals surface area contributed by atoms with Gasteiger partial charge in [0.15, 0.2) is 0 Å². The Hall–Kier alpha value is -0.650. The molecule has 1 aliphatic heterocycles. The Morgan fingerprint density at radius 1 is 1.19 bits per heavy atom. The van der Waals surface area contributed by atoms with E-state index in [0.717, 1.165) is 52.0 Å². The molecule has 0 aromatic rings. The fourth-order valence-corrected chi connectivity index (χ4v) is 3.91. The molecule has 1 aliphatic carbocycles. The second-order valence-corrected chi connectivity index (χ2v) is 6.48. The Labute approximate surface area is 128 Å². The van der Waals surface area contributed by atoms with Crippen molar-refractivity contribution in [1.82, 2.24) is 9.80 Å². The summed E-state index contributed by atoms with van der Waals surface area (Å²) in [5, 5.41) is 0. The Morgan fingerprint density at radius 2 is 1.95 bits per heavy atom. The zero-order valence-corrected chi connectivity index (χ0v) is 13.6. The largest absolute Gasteiger partial charge is 0.378 e. The third kappa shape index (κ3) is 4.41. The molecule has 2 N–H and O–H groups in total. The van der Waals surface area contributed by atoms with Gasteiger partial charge in [0.1, 0.15) is 0 Å². The summed E-state index contributed by atoms with van der Waals surface area (Å²) in [6, 6.07) is -0.159. The maximum absolute atomic E-state index is 12.2. The van der Waals surface area contributed by atoms with Gasteiger partial charge in [0.25, 0.3) is 0 Å². The zero-order chi connectivity index (χ0) is 15.2. The second-order valence-electron chi connectivity index (χ2n) is 6.48. The normalized spacial score (nSPS) is 30.8. The monoisotopic (exact) mass is 297 g/mol. The molecule has 3 atom stereocenters. The molecule has 1 heterocycles. The predicted molar refractivity (Wildman–Crippen MR) is 84.0 cm³/mol. The predicted octanol–water partition coefficient (Wildman–Crippen LogP) is 1.07. The van der Waals surface area contributed by atoms with Crippen molar-refractivity contribution >= 4 is 5.91 Å². The Balaban J connectivity index is 2.10. The van der Waals surface area contributed by atoms with E-state index in [4.69, 9.17) is 10.5 Å². The van der Waals surface area contributed by atoms with E-state index in [1.807, 2.05) is 6.92 Å². The highest BCUT2D eigenvalue weighted by Gasteiger charge is 2.39. The first kappa shape index (κ1) is 16.7. The highest BCUT2D eigenvalue weighted by molar-refractivity contribution is 5.80. The number of hydrogen-bond acceptors (Lipinski definition) is 4. The Kier molecular flexibility index (Phi) is 6.45. The quantitative estimate of drug-likeness (QED) is 0.825. The number of nitrogens with zero attached hydrogens (tertiary/aromatic N) is 2.